The summed E-state index contributed by atoms with van der Waals surface area (Å²) in [5.74, 6) is 0.190. The van der Waals surface area contributed by atoms with Gasteiger partial charge in [-0.15, -0.1) is 0 Å². The van der Waals surface area contributed by atoms with E-state index in [1.165, 1.54) is 67.0 Å². The van der Waals surface area contributed by atoms with Gasteiger partial charge in [-0.05, 0) is 71.1 Å². The van der Waals surface area contributed by atoms with Crippen LogP contribution < -0.4 is 4.90 Å². The topological polar surface area (TPSA) is 8.17 Å². The highest BCUT2D eigenvalue weighted by Crippen LogP contribution is 2.60. The second kappa shape index (κ2) is 9.97. The molecule has 45 heavy (non-hydrogen) atoms. The number of para-hydroxylation sites is 2. The zero-order valence-corrected chi connectivity index (χ0v) is 25.1. The summed E-state index contributed by atoms with van der Waals surface area (Å²) in [6.07, 6.45) is 4.82. The predicted molar refractivity (Wildman–Crippen MR) is 188 cm³/mol. The van der Waals surface area contributed by atoms with E-state index in [9.17, 15) is 0 Å². The zero-order chi connectivity index (χ0) is 30.0. The molecule has 0 saturated heterocycles. The van der Waals surface area contributed by atoms with Gasteiger partial charge in [-0.3, -0.25) is 0 Å². The summed E-state index contributed by atoms with van der Waals surface area (Å²) in [5, 5.41) is 1.28. The van der Waals surface area contributed by atoms with Crippen molar-refractivity contribution in [3.63, 3.8) is 0 Å². The molecule has 6 aromatic carbocycles. The van der Waals surface area contributed by atoms with Gasteiger partial charge in [0.25, 0.3) is 0 Å². The number of hydrogen-bond acceptors (Lipinski definition) is 1. The highest BCUT2D eigenvalue weighted by molar-refractivity contribution is 5.96. The lowest BCUT2D eigenvalue weighted by molar-refractivity contribution is 0.439. The fourth-order valence-corrected chi connectivity index (χ4v) is 7.88. The maximum atomic E-state index is 2.60. The number of fused-ring (bicyclic) bond motifs is 7. The van der Waals surface area contributed by atoms with Crippen LogP contribution in [-0.2, 0) is 5.54 Å². The summed E-state index contributed by atoms with van der Waals surface area (Å²) in [6, 6.07) is 57.3. The van der Waals surface area contributed by atoms with Gasteiger partial charge in [0.15, 0.2) is 0 Å². The molecule has 0 saturated carbocycles. The first-order valence-corrected chi connectivity index (χ1v) is 15.7. The Balaban J connectivity index is 1.29. The fraction of sp³-hybridized carbons (Fsp3) is 0.0698. The Morgan fingerprint density at radius 3 is 1.93 bits per heavy atom. The van der Waals surface area contributed by atoms with E-state index in [1.807, 2.05) is 0 Å². The molecule has 2 heteroatoms. The number of rotatable bonds is 4. The van der Waals surface area contributed by atoms with Crippen molar-refractivity contribution in [2.45, 2.75) is 18.4 Å². The summed E-state index contributed by atoms with van der Waals surface area (Å²) < 4.78 is 2.53. The van der Waals surface area contributed by atoms with Crippen LogP contribution in [0.3, 0.4) is 0 Å². The van der Waals surface area contributed by atoms with Crippen LogP contribution in [0.1, 0.15) is 29.7 Å². The minimum Gasteiger partial charge on any atom is -0.329 e. The van der Waals surface area contributed by atoms with E-state index in [2.05, 4.69) is 186 Å². The summed E-state index contributed by atoms with van der Waals surface area (Å²) >= 11 is 0. The van der Waals surface area contributed by atoms with Crippen molar-refractivity contribution >= 4 is 28.4 Å². The van der Waals surface area contributed by atoms with E-state index >= 15 is 0 Å². The second-order valence-electron chi connectivity index (χ2n) is 12.3. The summed E-state index contributed by atoms with van der Waals surface area (Å²) in [5.41, 5.74) is 13.4. The maximum absolute atomic E-state index is 2.60. The molecule has 214 valence electrons. The number of aromatic nitrogens is 1. The lowest BCUT2D eigenvalue weighted by Crippen LogP contribution is -2.43. The van der Waals surface area contributed by atoms with Crippen LogP contribution in [0.2, 0.25) is 0 Å². The molecule has 2 atom stereocenters. The van der Waals surface area contributed by atoms with Crippen molar-refractivity contribution in [2.24, 2.45) is 0 Å². The third-order valence-corrected chi connectivity index (χ3v) is 9.88. The van der Waals surface area contributed by atoms with Crippen molar-refractivity contribution < 1.29 is 0 Å². The van der Waals surface area contributed by atoms with Gasteiger partial charge in [0.1, 0.15) is 0 Å². The second-order valence-corrected chi connectivity index (χ2v) is 12.3. The molecule has 0 spiro atoms. The number of benzene rings is 6. The maximum Gasteiger partial charge on any atom is 0.0937 e. The smallest absolute Gasteiger partial charge is 0.0937 e. The SMILES string of the molecule is CC12c3c(c4ccccc4n3-c3cccc(-c4ccccc4)c3)C=CC1c1ccccc1N2c1ccc(-c2ccccc2)cc1. The lowest BCUT2D eigenvalue weighted by Gasteiger charge is -2.43. The van der Waals surface area contributed by atoms with Crippen molar-refractivity contribution in [1.29, 1.82) is 0 Å². The van der Waals surface area contributed by atoms with Gasteiger partial charge in [-0.1, -0.05) is 133 Å². The molecule has 1 aliphatic carbocycles. The van der Waals surface area contributed by atoms with Gasteiger partial charge in [0, 0.05) is 33.9 Å². The molecule has 2 unspecified atom stereocenters. The normalized spacial score (nSPS) is 18.1. The third kappa shape index (κ3) is 3.82. The third-order valence-electron chi connectivity index (χ3n) is 9.88. The van der Waals surface area contributed by atoms with Crippen LogP contribution in [0.25, 0.3) is 44.9 Å². The monoisotopic (exact) mass is 576 g/mol. The summed E-state index contributed by atoms with van der Waals surface area (Å²) in [6.45, 7) is 2.45. The van der Waals surface area contributed by atoms with Crippen LogP contribution in [0.4, 0.5) is 11.4 Å². The summed E-state index contributed by atoms with van der Waals surface area (Å²) in [4.78, 5) is 2.60. The minimum absolute atomic E-state index is 0.190. The quantitative estimate of drug-likeness (QED) is 0.202. The number of nitrogens with zero attached hydrogens (tertiary/aromatic N) is 2. The van der Waals surface area contributed by atoms with Crippen LogP contribution >= 0.6 is 0 Å². The molecule has 2 nitrogen and oxygen atoms in total. The largest absolute Gasteiger partial charge is 0.329 e. The van der Waals surface area contributed by atoms with Crippen LogP contribution in [-0.4, -0.2) is 4.57 Å². The Bertz CT molecular complexity index is 2220. The van der Waals surface area contributed by atoms with E-state index in [-0.39, 0.29) is 11.5 Å². The zero-order valence-electron chi connectivity index (χ0n) is 25.1. The van der Waals surface area contributed by atoms with Crippen molar-refractivity contribution in [1.82, 2.24) is 4.57 Å². The average Bonchev–Trinajstić information content (AvgIpc) is 3.59. The Hall–Kier alpha value is -5.60. The van der Waals surface area contributed by atoms with Gasteiger partial charge < -0.3 is 9.47 Å². The Labute approximate surface area is 264 Å². The Morgan fingerprint density at radius 2 is 1.16 bits per heavy atom. The molecule has 0 fully saturated rings. The number of hydrogen-bond donors (Lipinski definition) is 0. The van der Waals surface area contributed by atoms with Gasteiger partial charge in [0.05, 0.1) is 16.7 Å². The number of anilines is 2. The van der Waals surface area contributed by atoms with Crippen molar-refractivity contribution in [2.75, 3.05) is 4.90 Å². The van der Waals surface area contributed by atoms with Crippen LogP contribution in [0, 0.1) is 0 Å². The van der Waals surface area contributed by atoms with E-state index in [0.717, 1.165) is 0 Å². The molecule has 2 aliphatic rings. The Kier molecular flexibility index (Phi) is 5.73. The van der Waals surface area contributed by atoms with E-state index in [0.29, 0.717) is 0 Å². The van der Waals surface area contributed by atoms with Crippen LogP contribution in [0.5, 0.6) is 0 Å². The van der Waals surface area contributed by atoms with Gasteiger partial charge in [-0.2, -0.15) is 0 Å². The van der Waals surface area contributed by atoms with Gasteiger partial charge in [0.2, 0.25) is 0 Å². The fourth-order valence-electron chi connectivity index (χ4n) is 7.88. The molecule has 1 aromatic heterocycles. The molecule has 7 aromatic rings. The highest BCUT2D eigenvalue weighted by Gasteiger charge is 2.53. The molecular weight excluding hydrogens is 544 g/mol. The lowest BCUT2D eigenvalue weighted by atomic mass is 9.75. The molecule has 0 amide bonds. The molecule has 9 rings (SSSR count). The first-order valence-electron chi connectivity index (χ1n) is 15.7. The molecule has 0 bridgehead atoms. The molecule has 2 heterocycles. The van der Waals surface area contributed by atoms with Crippen molar-refractivity contribution in [3.05, 3.63) is 181 Å². The standard InChI is InChI=1S/C43H32N2/c1-43-39(38-20-9-11-22-41(38)45(43)34-25-23-32(24-26-34)30-13-4-2-5-14-30)28-27-37-36-19-8-10-21-40(36)44(42(37)43)35-18-12-17-33(29-35)31-15-6-3-7-16-31/h2-29,39H,1H3. The van der Waals surface area contributed by atoms with Crippen LogP contribution in [0.15, 0.2) is 164 Å². The molecule has 0 N–H and O–H groups in total. The molecule has 1 aliphatic heterocycles. The van der Waals surface area contributed by atoms with Crippen molar-refractivity contribution in [3.8, 4) is 27.9 Å². The van der Waals surface area contributed by atoms with Gasteiger partial charge in [-0.25, -0.2) is 0 Å². The minimum atomic E-state index is -0.371. The van der Waals surface area contributed by atoms with E-state index < -0.39 is 0 Å². The van der Waals surface area contributed by atoms with E-state index in [4.69, 9.17) is 0 Å². The molecule has 0 radical (unpaired) electrons. The first kappa shape index (κ1) is 25.9. The molecular formula is C43H32N2. The van der Waals surface area contributed by atoms with E-state index in [1.54, 1.807) is 0 Å². The predicted octanol–water partition coefficient (Wildman–Crippen LogP) is 11.1. The highest BCUT2D eigenvalue weighted by atomic mass is 15.3. The van der Waals surface area contributed by atoms with Gasteiger partial charge >= 0.3 is 0 Å². The Morgan fingerprint density at radius 1 is 0.533 bits per heavy atom. The first-order chi connectivity index (χ1) is 22.2. The summed E-state index contributed by atoms with van der Waals surface area (Å²) in [7, 11) is 0. The average molecular weight is 577 g/mol.